The second-order valence-electron chi connectivity index (χ2n) is 13.6. The zero-order valence-corrected chi connectivity index (χ0v) is 27.3. The number of nitrogens with zero attached hydrogens (tertiary/aromatic N) is 5. The van der Waals surface area contributed by atoms with Gasteiger partial charge in [0.1, 0.15) is 0 Å². The molecule has 1 aliphatic carbocycles. The third kappa shape index (κ3) is 3.62. The van der Waals surface area contributed by atoms with Crippen LogP contribution >= 0.6 is 11.3 Å². The molecule has 228 valence electrons. The van der Waals surface area contributed by atoms with E-state index in [1.54, 1.807) is 0 Å². The maximum atomic E-state index is 5.44. The highest BCUT2D eigenvalue weighted by atomic mass is 32.1. The fourth-order valence-corrected chi connectivity index (χ4v) is 9.95. The molecule has 0 bridgehead atoms. The van der Waals surface area contributed by atoms with Crippen LogP contribution in [0.25, 0.3) is 59.3 Å². The van der Waals surface area contributed by atoms with Crippen molar-refractivity contribution in [2.45, 2.75) is 50.5 Å². The molecule has 2 unspecified atom stereocenters. The number of benzene rings is 5. The highest BCUT2D eigenvalue weighted by Crippen LogP contribution is 2.60. The number of aromatic nitrogens is 4. The summed E-state index contributed by atoms with van der Waals surface area (Å²) < 4.78 is 4.70. The molecule has 4 heterocycles. The van der Waals surface area contributed by atoms with Gasteiger partial charge in [-0.15, -0.1) is 11.3 Å². The van der Waals surface area contributed by atoms with E-state index in [2.05, 4.69) is 139 Å². The number of para-hydroxylation sites is 3. The van der Waals surface area contributed by atoms with Crippen molar-refractivity contribution in [2.75, 3.05) is 4.90 Å². The Morgan fingerprint density at radius 2 is 1.23 bits per heavy atom. The highest BCUT2D eigenvalue weighted by Gasteiger charge is 2.58. The zero-order valence-electron chi connectivity index (χ0n) is 26.4. The van der Waals surface area contributed by atoms with Crippen molar-refractivity contribution in [3.05, 3.63) is 121 Å². The summed E-state index contributed by atoms with van der Waals surface area (Å²) in [7, 11) is 0. The number of fused-ring (bicyclic) bond motifs is 9. The standard InChI is InChI=1S/C41H33N5S/c1-40-24-11-12-25-41(40,2)46(34-22-9-6-19-31(34)40)39-43-37(30-18-13-17-29-28-16-5-10-23-35(28)47-36(29)30)42-38(44-39)45-32-20-7-3-14-26(32)27-15-4-8-21-33(27)45/h3-10,13-23H,11-12,24-25H2,1-2H3. The van der Waals surface area contributed by atoms with Gasteiger partial charge in [0, 0.05) is 47.6 Å². The van der Waals surface area contributed by atoms with Gasteiger partial charge >= 0.3 is 0 Å². The van der Waals surface area contributed by atoms with Crippen molar-refractivity contribution in [2.24, 2.45) is 0 Å². The van der Waals surface area contributed by atoms with Gasteiger partial charge in [-0.25, -0.2) is 0 Å². The minimum Gasteiger partial charge on any atom is -0.303 e. The molecule has 0 saturated heterocycles. The summed E-state index contributed by atoms with van der Waals surface area (Å²) in [6.07, 6.45) is 4.65. The Labute approximate surface area is 277 Å². The van der Waals surface area contributed by atoms with E-state index in [9.17, 15) is 0 Å². The van der Waals surface area contributed by atoms with Crippen LogP contribution in [0.5, 0.6) is 0 Å². The average Bonchev–Trinajstić information content (AvgIpc) is 3.72. The first-order chi connectivity index (χ1) is 23.0. The summed E-state index contributed by atoms with van der Waals surface area (Å²) in [5.41, 5.74) is 5.65. The SMILES string of the molecule is CC12CCCCC1(C)N(c1nc(-c3cccc4c3sc3ccccc34)nc(-n3c4ccccc4c4ccccc43)n1)c1ccccc12. The number of rotatable bonds is 3. The van der Waals surface area contributed by atoms with Gasteiger partial charge in [-0.2, -0.15) is 15.0 Å². The lowest BCUT2D eigenvalue weighted by Crippen LogP contribution is -2.55. The molecular formula is C41H33N5S. The first-order valence-corrected chi connectivity index (χ1v) is 17.4. The first kappa shape index (κ1) is 27.1. The molecule has 2 aliphatic rings. The van der Waals surface area contributed by atoms with E-state index >= 15 is 0 Å². The topological polar surface area (TPSA) is 46.8 Å². The number of anilines is 2. The van der Waals surface area contributed by atoms with Crippen LogP contribution in [0.15, 0.2) is 115 Å². The molecule has 10 rings (SSSR count). The largest absolute Gasteiger partial charge is 0.303 e. The lowest BCUT2D eigenvalue weighted by Gasteiger charge is -2.49. The van der Waals surface area contributed by atoms with E-state index < -0.39 is 0 Å². The quantitative estimate of drug-likeness (QED) is 0.196. The van der Waals surface area contributed by atoms with E-state index in [1.807, 2.05) is 11.3 Å². The second kappa shape index (κ2) is 9.72. The average molecular weight is 628 g/mol. The predicted molar refractivity (Wildman–Crippen MR) is 195 cm³/mol. The molecule has 1 fully saturated rings. The summed E-state index contributed by atoms with van der Waals surface area (Å²) in [5.74, 6) is 2.06. The molecule has 3 aromatic heterocycles. The molecule has 0 radical (unpaired) electrons. The van der Waals surface area contributed by atoms with E-state index in [0.29, 0.717) is 17.7 Å². The Hall–Kier alpha value is -5.07. The predicted octanol–water partition coefficient (Wildman–Crippen LogP) is 10.7. The third-order valence-electron chi connectivity index (χ3n) is 11.2. The molecule has 5 aromatic carbocycles. The highest BCUT2D eigenvalue weighted by molar-refractivity contribution is 7.26. The summed E-state index contributed by atoms with van der Waals surface area (Å²) in [6, 6.07) is 41.3. The molecular weight excluding hydrogens is 595 g/mol. The molecule has 5 nitrogen and oxygen atoms in total. The number of thiophene rings is 1. The summed E-state index contributed by atoms with van der Waals surface area (Å²) >= 11 is 1.81. The lowest BCUT2D eigenvalue weighted by atomic mass is 9.61. The van der Waals surface area contributed by atoms with Crippen LogP contribution in [0.3, 0.4) is 0 Å². The van der Waals surface area contributed by atoms with Crippen LogP contribution in [-0.2, 0) is 5.41 Å². The molecule has 0 N–H and O–H groups in total. The fraction of sp³-hybridized carbons (Fsp3) is 0.195. The van der Waals surface area contributed by atoms with E-state index in [-0.39, 0.29) is 11.0 Å². The van der Waals surface area contributed by atoms with Crippen molar-refractivity contribution >= 4 is 65.0 Å². The van der Waals surface area contributed by atoms with Crippen LogP contribution in [-0.4, -0.2) is 25.1 Å². The maximum Gasteiger partial charge on any atom is 0.240 e. The molecule has 0 amide bonds. The van der Waals surface area contributed by atoms with Gasteiger partial charge < -0.3 is 4.90 Å². The van der Waals surface area contributed by atoms with Crippen LogP contribution in [0, 0.1) is 0 Å². The minimum absolute atomic E-state index is 0.00681. The van der Waals surface area contributed by atoms with Gasteiger partial charge in [0.15, 0.2) is 5.82 Å². The normalized spacial score (nSPS) is 20.8. The van der Waals surface area contributed by atoms with Crippen molar-refractivity contribution < 1.29 is 0 Å². The van der Waals surface area contributed by atoms with Crippen molar-refractivity contribution in [3.63, 3.8) is 0 Å². The molecule has 47 heavy (non-hydrogen) atoms. The molecule has 0 spiro atoms. The maximum absolute atomic E-state index is 5.44. The Bertz CT molecular complexity index is 2490. The smallest absolute Gasteiger partial charge is 0.240 e. The first-order valence-electron chi connectivity index (χ1n) is 16.6. The van der Waals surface area contributed by atoms with Gasteiger partial charge in [-0.1, -0.05) is 105 Å². The van der Waals surface area contributed by atoms with Crippen LogP contribution in [0.4, 0.5) is 11.6 Å². The fourth-order valence-electron chi connectivity index (χ4n) is 8.74. The Balaban J connectivity index is 1.30. The lowest BCUT2D eigenvalue weighted by molar-refractivity contribution is 0.193. The van der Waals surface area contributed by atoms with Crippen molar-refractivity contribution in [3.8, 4) is 17.3 Å². The van der Waals surface area contributed by atoms with Crippen molar-refractivity contribution in [1.82, 2.24) is 19.5 Å². The summed E-state index contributed by atoms with van der Waals surface area (Å²) in [6.45, 7) is 4.89. The third-order valence-corrected chi connectivity index (χ3v) is 12.5. The van der Waals surface area contributed by atoms with Gasteiger partial charge in [-0.05, 0) is 55.7 Å². The van der Waals surface area contributed by atoms with Gasteiger partial charge in [-0.3, -0.25) is 4.57 Å². The summed E-state index contributed by atoms with van der Waals surface area (Å²) in [4.78, 5) is 18.7. The number of hydrogen-bond donors (Lipinski definition) is 0. The van der Waals surface area contributed by atoms with Gasteiger partial charge in [0.05, 0.1) is 16.6 Å². The Morgan fingerprint density at radius 3 is 2.04 bits per heavy atom. The van der Waals surface area contributed by atoms with Crippen LogP contribution in [0.2, 0.25) is 0 Å². The van der Waals surface area contributed by atoms with Crippen LogP contribution in [0.1, 0.15) is 45.1 Å². The van der Waals surface area contributed by atoms with E-state index in [1.165, 1.54) is 55.0 Å². The molecule has 6 heteroatoms. The van der Waals surface area contributed by atoms with Crippen molar-refractivity contribution in [1.29, 1.82) is 0 Å². The minimum atomic E-state index is -0.171. The van der Waals surface area contributed by atoms with Gasteiger partial charge in [0.25, 0.3) is 0 Å². The van der Waals surface area contributed by atoms with E-state index in [4.69, 9.17) is 15.0 Å². The zero-order chi connectivity index (χ0) is 31.3. The molecule has 8 aromatic rings. The Kier molecular flexibility index (Phi) is 5.60. The molecule has 2 atom stereocenters. The number of hydrogen-bond acceptors (Lipinski definition) is 5. The Morgan fingerprint density at radius 1 is 0.596 bits per heavy atom. The second-order valence-corrected chi connectivity index (χ2v) is 14.6. The van der Waals surface area contributed by atoms with Crippen LogP contribution < -0.4 is 4.90 Å². The molecule has 1 saturated carbocycles. The molecule has 1 aliphatic heterocycles. The summed E-state index contributed by atoms with van der Waals surface area (Å²) in [5, 5.41) is 4.89. The van der Waals surface area contributed by atoms with E-state index in [0.717, 1.165) is 29.4 Å². The monoisotopic (exact) mass is 627 g/mol. The van der Waals surface area contributed by atoms with Gasteiger partial charge in [0.2, 0.25) is 11.9 Å².